The van der Waals surface area contributed by atoms with Crippen LogP contribution in [0.15, 0.2) is 45.8 Å². The van der Waals surface area contributed by atoms with Gasteiger partial charge in [-0.25, -0.2) is 12.7 Å². The summed E-state index contributed by atoms with van der Waals surface area (Å²) < 4.78 is 32.0. The number of ether oxygens (including phenoxy) is 1. The van der Waals surface area contributed by atoms with Gasteiger partial charge in [-0.1, -0.05) is 15.9 Å². The number of anilines is 1. The van der Waals surface area contributed by atoms with Gasteiger partial charge in [0.1, 0.15) is 10.6 Å². The van der Waals surface area contributed by atoms with Gasteiger partial charge in [-0.15, -0.1) is 0 Å². The number of rotatable bonds is 5. The first-order valence-corrected chi connectivity index (χ1v) is 9.58. The third-order valence-electron chi connectivity index (χ3n) is 3.62. The molecule has 1 N–H and O–H groups in total. The molecule has 0 aliphatic carbocycles. The molecule has 0 heterocycles. The normalized spacial score (nSPS) is 11.4. The number of carbonyl (C=O) groups excluding carboxylic acids is 1. The van der Waals surface area contributed by atoms with Gasteiger partial charge in [-0.2, -0.15) is 0 Å². The molecule has 0 aliphatic rings. The molecule has 0 aromatic heterocycles. The molecular formula is C17H19BrN2O4S. The second-order valence-corrected chi connectivity index (χ2v) is 8.60. The van der Waals surface area contributed by atoms with Gasteiger partial charge in [0.05, 0.1) is 7.11 Å². The monoisotopic (exact) mass is 426 g/mol. The van der Waals surface area contributed by atoms with E-state index in [-0.39, 0.29) is 16.2 Å². The maximum absolute atomic E-state index is 12.5. The van der Waals surface area contributed by atoms with E-state index in [4.69, 9.17) is 4.74 Å². The molecule has 0 saturated carbocycles. The van der Waals surface area contributed by atoms with Crippen molar-refractivity contribution in [3.05, 3.63) is 52.0 Å². The van der Waals surface area contributed by atoms with Crippen molar-refractivity contribution in [3.8, 4) is 5.75 Å². The van der Waals surface area contributed by atoms with Crippen LogP contribution in [0.4, 0.5) is 5.69 Å². The van der Waals surface area contributed by atoms with Crippen molar-refractivity contribution in [2.45, 2.75) is 11.8 Å². The van der Waals surface area contributed by atoms with E-state index >= 15 is 0 Å². The van der Waals surface area contributed by atoms with Crippen molar-refractivity contribution in [1.82, 2.24) is 4.31 Å². The zero-order chi connectivity index (χ0) is 18.8. The van der Waals surface area contributed by atoms with Crippen molar-refractivity contribution in [1.29, 1.82) is 0 Å². The van der Waals surface area contributed by atoms with E-state index in [0.29, 0.717) is 5.69 Å². The number of hydrogen-bond acceptors (Lipinski definition) is 4. The van der Waals surface area contributed by atoms with Crippen LogP contribution in [0.2, 0.25) is 0 Å². The van der Waals surface area contributed by atoms with Crippen LogP contribution in [-0.4, -0.2) is 39.8 Å². The average molecular weight is 427 g/mol. The van der Waals surface area contributed by atoms with Crippen molar-refractivity contribution in [2.75, 3.05) is 26.5 Å². The van der Waals surface area contributed by atoms with Crippen LogP contribution < -0.4 is 10.1 Å². The lowest BCUT2D eigenvalue weighted by Crippen LogP contribution is -2.23. The number of sulfonamides is 1. The molecule has 2 aromatic rings. The van der Waals surface area contributed by atoms with Gasteiger partial charge in [0.2, 0.25) is 10.0 Å². The largest absolute Gasteiger partial charge is 0.495 e. The van der Waals surface area contributed by atoms with Crippen molar-refractivity contribution < 1.29 is 17.9 Å². The second kappa shape index (κ2) is 7.55. The summed E-state index contributed by atoms with van der Waals surface area (Å²) in [5.41, 5.74) is 1.77. The summed E-state index contributed by atoms with van der Waals surface area (Å²) in [5.74, 6) is -0.214. The highest BCUT2D eigenvalue weighted by atomic mass is 79.9. The van der Waals surface area contributed by atoms with Crippen LogP contribution >= 0.6 is 15.9 Å². The Morgan fingerprint density at radius 1 is 1.16 bits per heavy atom. The lowest BCUT2D eigenvalue weighted by molar-refractivity contribution is 0.102. The summed E-state index contributed by atoms with van der Waals surface area (Å²) in [4.78, 5) is 12.5. The Bertz CT molecular complexity index is 911. The number of halogens is 1. The average Bonchev–Trinajstić information content (AvgIpc) is 2.56. The molecule has 8 heteroatoms. The topological polar surface area (TPSA) is 75.7 Å². The zero-order valence-corrected chi connectivity index (χ0v) is 16.7. The molecule has 0 fully saturated rings. The van der Waals surface area contributed by atoms with Gasteiger partial charge in [0.15, 0.2) is 0 Å². The molecular weight excluding hydrogens is 408 g/mol. The molecule has 2 rings (SSSR count). The van der Waals surface area contributed by atoms with E-state index in [1.165, 1.54) is 39.4 Å². The Labute approximate surface area is 156 Å². The first-order chi connectivity index (χ1) is 11.7. The Hall–Kier alpha value is -1.90. The van der Waals surface area contributed by atoms with E-state index < -0.39 is 15.9 Å². The first kappa shape index (κ1) is 19.4. The Morgan fingerprint density at radius 2 is 1.84 bits per heavy atom. The van der Waals surface area contributed by atoms with E-state index in [0.717, 1.165) is 14.3 Å². The van der Waals surface area contributed by atoms with Gasteiger partial charge in [0.25, 0.3) is 5.91 Å². The summed E-state index contributed by atoms with van der Waals surface area (Å²) in [7, 11) is 0.490. The molecule has 0 saturated heterocycles. The maximum Gasteiger partial charge on any atom is 0.255 e. The number of carbonyl (C=O) groups is 1. The van der Waals surface area contributed by atoms with Gasteiger partial charge < -0.3 is 10.1 Å². The van der Waals surface area contributed by atoms with E-state index in [1.807, 2.05) is 19.1 Å². The quantitative estimate of drug-likeness (QED) is 0.795. The third kappa shape index (κ3) is 4.20. The van der Waals surface area contributed by atoms with Crippen LogP contribution in [-0.2, 0) is 10.0 Å². The van der Waals surface area contributed by atoms with Crippen LogP contribution in [0.1, 0.15) is 15.9 Å². The minimum atomic E-state index is -3.74. The van der Waals surface area contributed by atoms with Crippen molar-refractivity contribution >= 4 is 37.5 Å². The second-order valence-electron chi connectivity index (χ2n) is 5.57. The Balaban J connectivity index is 2.41. The number of aryl methyl sites for hydroxylation is 1. The minimum Gasteiger partial charge on any atom is -0.495 e. The van der Waals surface area contributed by atoms with E-state index in [1.54, 1.807) is 6.07 Å². The van der Waals surface area contributed by atoms with Gasteiger partial charge in [-0.3, -0.25) is 4.79 Å². The van der Waals surface area contributed by atoms with Crippen molar-refractivity contribution in [2.24, 2.45) is 0 Å². The SMILES string of the molecule is COc1ccc(C(=O)Nc2ccc(Br)cc2C)cc1S(=O)(=O)N(C)C. The van der Waals surface area contributed by atoms with Crippen LogP contribution in [0.5, 0.6) is 5.75 Å². The lowest BCUT2D eigenvalue weighted by Gasteiger charge is -2.16. The summed E-state index contributed by atoms with van der Waals surface area (Å²) in [6.45, 7) is 1.87. The molecule has 6 nitrogen and oxygen atoms in total. The standard InChI is InChI=1S/C17H19BrN2O4S/c1-11-9-13(18)6-7-14(11)19-17(21)12-5-8-15(24-4)16(10-12)25(22,23)20(2)3/h5-10H,1-4H3,(H,19,21). The number of nitrogens with one attached hydrogen (secondary N) is 1. The fraction of sp³-hybridized carbons (Fsp3) is 0.235. The Kier molecular flexibility index (Phi) is 5.87. The summed E-state index contributed by atoms with van der Waals surface area (Å²) >= 11 is 3.37. The molecule has 0 spiro atoms. The molecule has 1 amide bonds. The number of hydrogen-bond donors (Lipinski definition) is 1. The zero-order valence-electron chi connectivity index (χ0n) is 14.3. The maximum atomic E-state index is 12.5. The highest BCUT2D eigenvalue weighted by Gasteiger charge is 2.24. The molecule has 25 heavy (non-hydrogen) atoms. The molecule has 0 bridgehead atoms. The minimum absolute atomic E-state index is 0.0554. The number of methoxy groups -OCH3 is 1. The van der Waals surface area contributed by atoms with Gasteiger partial charge >= 0.3 is 0 Å². The molecule has 0 unspecified atom stereocenters. The van der Waals surface area contributed by atoms with Crippen molar-refractivity contribution in [3.63, 3.8) is 0 Å². The number of amides is 1. The van der Waals surface area contributed by atoms with E-state index in [9.17, 15) is 13.2 Å². The fourth-order valence-electron chi connectivity index (χ4n) is 2.18. The van der Waals surface area contributed by atoms with Gasteiger partial charge in [0, 0.05) is 29.8 Å². The molecule has 0 aliphatic heterocycles. The summed E-state index contributed by atoms with van der Waals surface area (Å²) in [6.07, 6.45) is 0. The fourth-order valence-corrected chi connectivity index (χ4v) is 3.73. The summed E-state index contributed by atoms with van der Waals surface area (Å²) in [6, 6.07) is 9.79. The predicted octanol–water partition coefficient (Wildman–Crippen LogP) is 3.27. The lowest BCUT2D eigenvalue weighted by atomic mass is 10.1. The van der Waals surface area contributed by atoms with Crippen LogP contribution in [0.25, 0.3) is 0 Å². The number of nitrogens with zero attached hydrogens (tertiary/aromatic N) is 1. The van der Waals surface area contributed by atoms with Crippen LogP contribution in [0.3, 0.4) is 0 Å². The Morgan fingerprint density at radius 3 is 2.40 bits per heavy atom. The van der Waals surface area contributed by atoms with Gasteiger partial charge in [-0.05, 0) is 48.9 Å². The highest BCUT2D eigenvalue weighted by Crippen LogP contribution is 2.27. The first-order valence-electron chi connectivity index (χ1n) is 7.35. The smallest absolute Gasteiger partial charge is 0.255 e. The molecule has 2 aromatic carbocycles. The molecule has 0 atom stereocenters. The number of benzene rings is 2. The molecule has 134 valence electrons. The predicted molar refractivity (Wildman–Crippen MR) is 101 cm³/mol. The molecule has 0 radical (unpaired) electrons. The van der Waals surface area contributed by atoms with E-state index in [2.05, 4.69) is 21.2 Å². The highest BCUT2D eigenvalue weighted by molar-refractivity contribution is 9.10. The van der Waals surface area contributed by atoms with Crippen LogP contribution in [0, 0.1) is 6.92 Å². The third-order valence-corrected chi connectivity index (χ3v) is 5.95. The summed E-state index contributed by atoms with van der Waals surface area (Å²) in [5, 5.41) is 2.79.